The van der Waals surface area contributed by atoms with Crippen molar-refractivity contribution in [2.75, 3.05) is 26.8 Å². The predicted molar refractivity (Wildman–Crippen MR) is 67.2 cm³/mol. The van der Waals surface area contributed by atoms with Crippen molar-refractivity contribution < 1.29 is 29.3 Å². The van der Waals surface area contributed by atoms with Crippen molar-refractivity contribution in [1.82, 2.24) is 15.5 Å². The number of urea groups is 1. The van der Waals surface area contributed by atoms with Gasteiger partial charge in [0.25, 0.3) is 0 Å². The molecule has 0 bridgehead atoms. The SMILES string of the molecule is COC(=O)NC1CCN(C(=O)N[C@@H](CCO)C(=O)O)C1. The van der Waals surface area contributed by atoms with E-state index in [0.717, 1.165) is 0 Å². The lowest BCUT2D eigenvalue weighted by atomic mass is 10.2. The number of hydrogen-bond donors (Lipinski definition) is 4. The van der Waals surface area contributed by atoms with Crippen molar-refractivity contribution in [3.05, 3.63) is 0 Å². The Hall–Kier alpha value is -2.03. The van der Waals surface area contributed by atoms with Crippen LogP contribution in [0.4, 0.5) is 9.59 Å². The van der Waals surface area contributed by atoms with Gasteiger partial charge < -0.3 is 30.5 Å². The minimum absolute atomic E-state index is 0.0568. The number of aliphatic hydroxyl groups excluding tert-OH is 1. The third kappa shape index (κ3) is 4.57. The molecule has 1 heterocycles. The second-order valence-electron chi connectivity index (χ2n) is 4.42. The second-order valence-corrected chi connectivity index (χ2v) is 4.42. The molecule has 1 unspecified atom stereocenters. The third-order valence-corrected chi connectivity index (χ3v) is 3.00. The topological polar surface area (TPSA) is 128 Å². The predicted octanol–water partition coefficient (Wildman–Crippen LogP) is -1.04. The van der Waals surface area contributed by atoms with E-state index in [4.69, 9.17) is 10.2 Å². The van der Waals surface area contributed by atoms with Gasteiger partial charge in [0.05, 0.1) is 13.2 Å². The first kappa shape index (κ1) is 16.0. The summed E-state index contributed by atoms with van der Waals surface area (Å²) in [6.45, 7) is 0.363. The summed E-state index contributed by atoms with van der Waals surface area (Å²) in [4.78, 5) is 35.2. The number of carboxylic acids is 1. The Morgan fingerprint density at radius 3 is 2.70 bits per heavy atom. The van der Waals surface area contributed by atoms with Gasteiger partial charge in [-0.15, -0.1) is 0 Å². The molecule has 1 aliphatic rings. The zero-order chi connectivity index (χ0) is 15.1. The Labute approximate surface area is 115 Å². The summed E-state index contributed by atoms with van der Waals surface area (Å²) in [5.74, 6) is -1.20. The van der Waals surface area contributed by atoms with Crippen LogP contribution in [0.5, 0.6) is 0 Å². The molecule has 114 valence electrons. The molecule has 2 atom stereocenters. The molecule has 0 aliphatic carbocycles. The van der Waals surface area contributed by atoms with E-state index < -0.39 is 24.1 Å². The van der Waals surface area contributed by atoms with Gasteiger partial charge in [-0.25, -0.2) is 14.4 Å². The van der Waals surface area contributed by atoms with E-state index in [1.807, 2.05) is 0 Å². The molecule has 9 heteroatoms. The van der Waals surface area contributed by atoms with Crippen LogP contribution in [0.15, 0.2) is 0 Å². The number of nitrogens with one attached hydrogen (secondary N) is 2. The molecule has 3 amide bonds. The number of carboxylic acid groups (broad SMARTS) is 1. The van der Waals surface area contributed by atoms with Gasteiger partial charge in [0.15, 0.2) is 0 Å². The van der Waals surface area contributed by atoms with Crippen LogP contribution in [-0.2, 0) is 9.53 Å². The lowest BCUT2D eigenvalue weighted by Crippen LogP contribution is -2.48. The quantitative estimate of drug-likeness (QED) is 0.512. The average molecular weight is 289 g/mol. The maximum absolute atomic E-state index is 11.9. The number of aliphatic carboxylic acids is 1. The molecular weight excluding hydrogens is 270 g/mol. The number of rotatable bonds is 5. The van der Waals surface area contributed by atoms with E-state index in [1.54, 1.807) is 0 Å². The van der Waals surface area contributed by atoms with Gasteiger partial charge in [0.2, 0.25) is 0 Å². The van der Waals surface area contributed by atoms with Crippen LogP contribution < -0.4 is 10.6 Å². The van der Waals surface area contributed by atoms with Crippen LogP contribution in [0.3, 0.4) is 0 Å². The number of aliphatic hydroxyl groups is 1. The van der Waals surface area contributed by atoms with Gasteiger partial charge >= 0.3 is 18.1 Å². The monoisotopic (exact) mass is 289 g/mol. The van der Waals surface area contributed by atoms with Gasteiger partial charge in [-0.2, -0.15) is 0 Å². The average Bonchev–Trinajstić information content (AvgIpc) is 2.86. The molecule has 0 aromatic heterocycles. The van der Waals surface area contributed by atoms with Crippen molar-refractivity contribution in [3.63, 3.8) is 0 Å². The highest BCUT2D eigenvalue weighted by Crippen LogP contribution is 2.10. The maximum atomic E-state index is 11.9. The number of carbonyl (C=O) groups is 3. The number of nitrogens with zero attached hydrogens (tertiary/aromatic N) is 1. The molecule has 1 rings (SSSR count). The normalized spacial score (nSPS) is 19.3. The summed E-state index contributed by atoms with van der Waals surface area (Å²) in [5.41, 5.74) is 0. The van der Waals surface area contributed by atoms with Crippen molar-refractivity contribution in [2.45, 2.75) is 24.9 Å². The van der Waals surface area contributed by atoms with Crippen LogP contribution in [0.1, 0.15) is 12.8 Å². The van der Waals surface area contributed by atoms with Crippen molar-refractivity contribution in [2.24, 2.45) is 0 Å². The Morgan fingerprint density at radius 2 is 2.15 bits per heavy atom. The molecule has 0 radical (unpaired) electrons. The first-order valence-electron chi connectivity index (χ1n) is 6.21. The van der Waals surface area contributed by atoms with Crippen molar-refractivity contribution in [1.29, 1.82) is 0 Å². The summed E-state index contributed by atoms with van der Waals surface area (Å²) < 4.78 is 4.46. The van der Waals surface area contributed by atoms with Crippen LogP contribution in [0.2, 0.25) is 0 Å². The first-order valence-corrected chi connectivity index (χ1v) is 6.21. The molecule has 1 fully saturated rings. The fourth-order valence-corrected chi connectivity index (χ4v) is 1.91. The Bertz CT molecular complexity index is 375. The van der Waals surface area contributed by atoms with Gasteiger partial charge in [-0.3, -0.25) is 0 Å². The fraction of sp³-hybridized carbons (Fsp3) is 0.727. The van der Waals surface area contributed by atoms with Gasteiger partial charge in [-0.05, 0) is 6.42 Å². The number of hydrogen-bond acceptors (Lipinski definition) is 5. The Kier molecular flexibility index (Phi) is 6.04. The Balaban J connectivity index is 2.45. The van der Waals surface area contributed by atoms with E-state index in [0.29, 0.717) is 13.0 Å². The highest BCUT2D eigenvalue weighted by Gasteiger charge is 2.29. The number of likely N-dealkylation sites (tertiary alicyclic amines) is 1. The molecule has 0 aromatic rings. The van der Waals surface area contributed by atoms with Crippen LogP contribution in [-0.4, -0.2) is 72.1 Å². The van der Waals surface area contributed by atoms with Gasteiger partial charge in [-0.1, -0.05) is 0 Å². The number of amides is 3. The number of alkyl carbamates (subject to hydrolysis) is 1. The van der Waals surface area contributed by atoms with E-state index in [9.17, 15) is 14.4 Å². The first-order chi connectivity index (χ1) is 9.47. The van der Waals surface area contributed by atoms with Gasteiger partial charge in [0, 0.05) is 26.1 Å². The molecule has 0 saturated carbocycles. The number of ether oxygens (including phenoxy) is 1. The molecular formula is C11H19N3O6. The smallest absolute Gasteiger partial charge is 0.407 e. The van der Waals surface area contributed by atoms with Crippen molar-refractivity contribution in [3.8, 4) is 0 Å². The largest absolute Gasteiger partial charge is 0.480 e. The molecule has 20 heavy (non-hydrogen) atoms. The summed E-state index contributed by atoms with van der Waals surface area (Å²) in [6, 6.07) is -1.87. The lowest BCUT2D eigenvalue weighted by Gasteiger charge is -2.20. The fourth-order valence-electron chi connectivity index (χ4n) is 1.91. The molecule has 1 aliphatic heterocycles. The van der Waals surface area contributed by atoms with Crippen LogP contribution in [0.25, 0.3) is 0 Å². The summed E-state index contributed by atoms with van der Waals surface area (Å²) >= 11 is 0. The minimum Gasteiger partial charge on any atom is -0.480 e. The van der Waals surface area contributed by atoms with E-state index in [1.165, 1.54) is 12.0 Å². The highest BCUT2D eigenvalue weighted by atomic mass is 16.5. The van der Waals surface area contributed by atoms with Crippen molar-refractivity contribution >= 4 is 18.1 Å². The van der Waals surface area contributed by atoms with Crippen LogP contribution in [0, 0.1) is 0 Å². The summed E-state index contributed by atoms with van der Waals surface area (Å²) in [6.07, 6.45) is -0.0557. The molecule has 9 nitrogen and oxygen atoms in total. The standard InChI is InChI=1S/C11H19N3O6/c1-20-11(19)12-7-2-4-14(6-7)10(18)13-8(3-5-15)9(16)17/h7-8,15H,2-6H2,1H3,(H,12,19)(H,13,18)(H,16,17)/t7?,8-/m0/s1. The zero-order valence-electron chi connectivity index (χ0n) is 11.2. The summed E-state index contributed by atoms with van der Waals surface area (Å²) in [7, 11) is 1.25. The molecule has 0 spiro atoms. The highest BCUT2D eigenvalue weighted by molar-refractivity contribution is 5.82. The Morgan fingerprint density at radius 1 is 1.45 bits per heavy atom. The number of methoxy groups -OCH3 is 1. The van der Waals surface area contributed by atoms with E-state index in [-0.39, 0.29) is 25.6 Å². The van der Waals surface area contributed by atoms with Crippen LogP contribution >= 0.6 is 0 Å². The summed E-state index contributed by atoms with van der Waals surface area (Å²) in [5, 5.41) is 22.5. The zero-order valence-corrected chi connectivity index (χ0v) is 11.2. The van der Waals surface area contributed by atoms with E-state index >= 15 is 0 Å². The minimum atomic E-state index is -1.20. The molecule has 4 N–H and O–H groups in total. The third-order valence-electron chi connectivity index (χ3n) is 3.00. The van der Waals surface area contributed by atoms with E-state index in [2.05, 4.69) is 15.4 Å². The lowest BCUT2D eigenvalue weighted by molar-refractivity contribution is -0.139. The second kappa shape index (κ2) is 7.53. The molecule has 1 saturated heterocycles. The number of carbonyl (C=O) groups excluding carboxylic acids is 2. The molecule has 0 aromatic carbocycles. The van der Waals surface area contributed by atoms with Gasteiger partial charge in [0.1, 0.15) is 6.04 Å². The maximum Gasteiger partial charge on any atom is 0.407 e.